The lowest BCUT2D eigenvalue weighted by molar-refractivity contribution is -0.306. The number of carbonyl (C=O) groups excluding carboxylic acids is 1. The number of unbranched alkanes of at least 4 members (excludes halogenated alkanes) is 2. The Balaban J connectivity index is 3.37. The highest BCUT2D eigenvalue weighted by molar-refractivity contribution is 5.86. The number of aliphatic hydroxyl groups excluding tert-OH is 1. The van der Waals surface area contributed by atoms with Crippen molar-refractivity contribution in [1.82, 2.24) is 0 Å². The van der Waals surface area contributed by atoms with Gasteiger partial charge in [0.15, 0.2) is 0 Å². The number of hydrogen-bond donors (Lipinski definition) is 1. The third-order valence-electron chi connectivity index (χ3n) is 1.93. The van der Waals surface area contributed by atoms with Crippen molar-refractivity contribution < 1.29 is 24.4 Å². The van der Waals surface area contributed by atoms with Crippen LogP contribution in [0.4, 0.5) is 0 Å². The minimum absolute atomic E-state index is 0.0183. The van der Waals surface area contributed by atoms with Gasteiger partial charge in [0.2, 0.25) is 0 Å². The fourth-order valence-corrected chi connectivity index (χ4v) is 0.940. The number of esters is 1. The Kier molecular flexibility index (Phi) is 9.71. The summed E-state index contributed by atoms with van der Waals surface area (Å²) in [4.78, 5) is 20.6. The van der Waals surface area contributed by atoms with Crippen LogP contribution in [0.5, 0.6) is 0 Å². The van der Waals surface area contributed by atoms with Crippen LogP contribution in [-0.2, 0) is 19.3 Å². The van der Waals surface area contributed by atoms with Gasteiger partial charge in [0.05, 0.1) is 6.61 Å². The first kappa shape index (κ1) is 16.1. The van der Waals surface area contributed by atoms with Crippen LogP contribution >= 0.6 is 0 Å². The molecule has 0 amide bonds. The van der Waals surface area contributed by atoms with Crippen LogP contribution in [0, 0.1) is 0 Å². The molecule has 0 spiro atoms. The molecule has 1 unspecified atom stereocenters. The van der Waals surface area contributed by atoms with Crippen LogP contribution in [-0.4, -0.2) is 37.0 Å². The first-order valence-electron chi connectivity index (χ1n) is 5.83. The first-order chi connectivity index (χ1) is 8.07. The Hall–Kier alpha value is -0.910. The van der Waals surface area contributed by atoms with Crippen LogP contribution in [0.3, 0.4) is 0 Å². The summed E-state index contributed by atoms with van der Waals surface area (Å²) in [6, 6.07) is 0. The SMILES string of the molecule is C=C(C)C(=O)OCC(O)COOCCCCC. The molecule has 1 atom stereocenters. The third kappa shape index (κ3) is 9.99. The van der Waals surface area contributed by atoms with Gasteiger partial charge in [-0.15, -0.1) is 0 Å². The van der Waals surface area contributed by atoms with E-state index in [-0.39, 0.29) is 13.2 Å². The normalized spacial score (nSPS) is 12.2. The van der Waals surface area contributed by atoms with E-state index in [2.05, 4.69) is 13.5 Å². The second-order valence-electron chi connectivity index (χ2n) is 3.85. The summed E-state index contributed by atoms with van der Waals surface area (Å²) < 4.78 is 4.74. The number of carbonyl (C=O) groups is 1. The van der Waals surface area contributed by atoms with E-state index in [1.54, 1.807) is 6.92 Å². The molecule has 0 aliphatic carbocycles. The van der Waals surface area contributed by atoms with Gasteiger partial charge < -0.3 is 9.84 Å². The van der Waals surface area contributed by atoms with E-state index in [1.165, 1.54) is 0 Å². The fourth-order valence-electron chi connectivity index (χ4n) is 0.940. The average molecular weight is 246 g/mol. The molecule has 5 nitrogen and oxygen atoms in total. The number of aliphatic hydroxyl groups is 1. The van der Waals surface area contributed by atoms with Gasteiger partial charge in [-0.3, -0.25) is 0 Å². The molecule has 0 aromatic rings. The smallest absolute Gasteiger partial charge is 0.333 e. The van der Waals surface area contributed by atoms with E-state index < -0.39 is 12.1 Å². The quantitative estimate of drug-likeness (QED) is 0.208. The largest absolute Gasteiger partial charge is 0.460 e. The zero-order chi connectivity index (χ0) is 13.1. The molecule has 0 aromatic carbocycles. The van der Waals surface area contributed by atoms with Crippen molar-refractivity contribution in [2.45, 2.75) is 39.2 Å². The average Bonchev–Trinajstić information content (AvgIpc) is 2.30. The fraction of sp³-hybridized carbons (Fsp3) is 0.750. The third-order valence-corrected chi connectivity index (χ3v) is 1.93. The van der Waals surface area contributed by atoms with Crippen molar-refractivity contribution in [2.75, 3.05) is 19.8 Å². The lowest BCUT2D eigenvalue weighted by atomic mass is 10.3. The summed E-state index contributed by atoms with van der Waals surface area (Å²) in [5.74, 6) is -0.520. The van der Waals surface area contributed by atoms with Crippen molar-refractivity contribution >= 4 is 5.97 Å². The van der Waals surface area contributed by atoms with Crippen molar-refractivity contribution in [2.24, 2.45) is 0 Å². The molecule has 0 rings (SSSR count). The molecule has 0 bridgehead atoms. The van der Waals surface area contributed by atoms with Crippen LogP contribution in [0.25, 0.3) is 0 Å². The van der Waals surface area contributed by atoms with Gasteiger partial charge in [0.1, 0.15) is 19.3 Å². The van der Waals surface area contributed by atoms with Crippen molar-refractivity contribution in [1.29, 1.82) is 0 Å². The van der Waals surface area contributed by atoms with Crippen LogP contribution in [0.1, 0.15) is 33.1 Å². The van der Waals surface area contributed by atoms with Crippen LogP contribution in [0.15, 0.2) is 12.2 Å². The van der Waals surface area contributed by atoms with E-state index >= 15 is 0 Å². The Morgan fingerprint density at radius 3 is 2.59 bits per heavy atom. The Morgan fingerprint density at radius 2 is 2.00 bits per heavy atom. The van der Waals surface area contributed by atoms with E-state index in [0.29, 0.717) is 12.2 Å². The summed E-state index contributed by atoms with van der Waals surface area (Å²) in [5, 5.41) is 9.37. The molecule has 0 aromatic heterocycles. The predicted molar refractivity (Wildman–Crippen MR) is 63.2 cm³/mol. The zero-order valence-corrected chi connectivity index (χ0v) is 10.6. The van der Waals surface area contributed by atoms with Gasteiger partial charge in [-0.2, -0.15) is 0 Å². The molecule has 0 radical (unpaired) electrons. The molecule has 17 heavy (non-hydrogen) atoms. The maximum Gasteiger partial charge on any atom is 0.333 e. The minimum atomic E-state index is -0.885. The standard InChI is InChI=1S/C12H22O5/c1-4-5-6-7-16-17-9-11(13)8-15-12(14)10(2)3/h11,13H,2,4-9H2,1,3H3. The highest BCUT2D eigenvalue weighted by atomic mass is 17.2. The van der Waals surface area contributed by atoms with Crippen LogP contribution < -0.4 is 0 Å². The van der Waals surface area contributed by atoms with Gasteiger partial charge in [-0.25, -0.2) is 14.6 Å². The van der Waals surface area contributed by atoms with Gasteiger partial charge in [-0.05, 0) is 13.3 Å². The number of rotatable bonds is 10. The summed E-state index contributed by atoms with van der Waals surface area (Å²) in [6.07, 6.45) is 2.24. The second-order valence-corrected chi connectivity index (χ2v) is 3.85. The molecular weight excluding hydrogens is 224 g/mol. The molecular formula is C12H22O5. The number of hydrogen-bond acceptors (Lipinski definition) is 5. The summed E-state index contributed by atoms with van der Waals surface area (Å²) >= 11 is 0. The summed E-state index contributed by atoms with van der Waals surface area (Å²) in [5.41, 5.74) is 0.300. The molecule has 0 saturated carbocycles. The highest BCUT2D eigenvalue weighted by Gasteiger charge is 2.09. The van der Waals surface area contributed by atoms with Crippen LogP contribution in [0.2, 0.25) is 0 Å². The molecule has 0 aliphatic rings. The van der Waals surface area contributed by atoms with Gasteiger partial charge >= 0.3 is 5.97 Å². The molecule has 5 heteroatoms. The van der Waals surface area contributed by atoms with E-state index in [1.807, 2.05) is 0 Å². The topological polar surface area (TPSA) is 65.0 Å². The highest BCUT2D eigenvalue weighted by Crippen LogP contribution is 1.97. The molecule has 100 valence electrons. The zero-order valence-electron chi connectivity index (χ0n) is 10.6. The first-order valence-corrected chi connectivity index (χ1v) is 5.83. The van der Waals surface area contributed by atoms with E-state index in [0.717, 1.165) is 19.3 Å². The van der Waals surface area contributed by atoms with Gasteiger partial charge in [-0.1, -0.05) is 26.3 Å². The molecule has 0 aliphatic heterocycles. The molecule has 0 saturated heterocycles. The lowest BCUT2D eigenvalue weighted by Gasteiger charge is -2.11. The van der Waals surface area contributed by atoms with E-state index in [4.69, 9.17) is 14.5 Å². The van der Waals surface area contributed by atoms with Crippen molar-refractivity contribution in [3.05, 3.63) is 12.2 Å². The maximum absolute atomic E-state index is 11.0. The number of ether oxygens (including phenoxy) is 1. The Labute approximate surface area is 102 Å². The van der Waals surface area contributed by atoms with Crippen molar-refractivity contribution in [3.8, 4) is 0 Å². The van der Waals surface area contributed by atoms with Crippen molar-refractivity contribution in [3.63, 3.8) is 0 Å². The maximum atomic E-state index is 11.0. The lowest BCUT2D eigenvalue weighted by Crippen LogP contribution is -2.24. The molecule has 0 fully saturated rings. The van der Waals surface area contributed by atoms with Gasteiger partial charge in [0.25, 0.3) is 0 Å². The molecule has 1 N–H and O–H groups in total. The summed E-state index contributed by atoms with van der Waals surface area (Å²) in [6.45, 7) is 7.43. The molecule has 0 heterocycles. The Morgan fingerprint density at radius 1 is 1.29 bits per heavy atom. The summed E-state index contributed by atoms with van der Waals surface area (Å²) in [7, 11) is 0. The van der Waals surface area contributed by atoms with Gasteiger partial charge in [0, 0.05) is 5.57 Å². The second kappa shape index (κ2) is 10.3. The van der Waals surface area contributed by atoms with E-state index in [9.17, 15) is 9.90 Å². The Bertz CT molecular complexity index is 227. The predicted octanol–water partition coefficient (Wildman–Crippen LogP) is 1.61. The minimum Gasteiger partial charge on any atom is -0.460 e. The monoisotopic (exact) mass is 246 g/mol.